The second kappa shape index (κ2) is 3.66. The quantitative estimate of drug-likeness (QED) is 0.767. The number of carbonyl (C=O) groups excluding carboxylic acids is 2. The second-order valence-corrected chi connectivity index (χ2v) is 3.87. The molecule has 0 aliphatic heterocycles. The van der Waals surface area contributed by atoms with Crippen molar-refractivity contribution in [1.29, 1.82) is 0 Å². The Kier molecular flexibility index (Phi) is 2.13. The molecular formula is C13H8N2O3. The number of ketones is 2. The molecule has 5 heteroatoms. The van der Waals surface area contributed by atoms with E-state index in [0.717, 1.165) is 0 Å². The van der Waals surface area contributed by atoms with Crippen molar-refractivity contribution in [2.45, 2.75) is 0 Å². The highest BCUT2D eigenvalue weighted by molar-refractivity contribution is 6.60. The highest BCUT2D eigenvalue weighted by Gasteiger charge is 2.33. The summed E-state index contributed by atoms with van der Waals surface area (Å²) >= 11 is 0. The molecule has 1 aromatic carbocycles. The number of hydrogen-bond acceptors (Lipinski definition) is 4. The van der Waals surface area contributed by atoms with Crippen molar-refractivity contribution in [2.75, 3.05) is 0 Å². The first kappa shape index (κ1) is 10.5. The summed E-state index contributed by atoms with van der Waals surface area (Å²) in [6, 6.07) is 6.48. The number of hydrogen-bond donors (Lipinski definition) is 1. The average molecular weight is 240 g/mol. The molecule has 0 radical (unpaired) electrons. The van der Waals surface area contributed by atoms with Crippen molar-refractivity contribution in [1.82, 2.24) is 9.55 Å². The molecule has 0 bridgehead atoms. The van der Waals surface area contributed by atoms with Gasteiger partial charge in [0.2, 0.25) is 5.78 Å². The van der Waals surface area contributed by atoms with Gasteiger partial charge in [0, 0.05) is 23.5 Å². The van der Waals surface area contributed by atoms with E-state index in [1.807, 2.05) is 0 Å². The fraction of sp³-hybridized carbons (Fsp3) is 0. The average Bonchev–Trinajstić information content (AvgIpc) is 2.90. The first-order valence-electron chi connectivity index (χ1n) is 5.30. The molecule has 1 aliphatic rings. The van der Waals surface area contributed by atoms with E-state index in [1.165, 1.54) is 29.4 Å². The summed E-state index contributed by atoms with van der Waals surface area (Å²) < 4.78 is 1.34. The SMILES string of the molecule is O=C1C(=O)c2ccccc2C(O)=C1n1ccnc1. The smallest absolute Gasteiger partial charge is 0.254 e. The summed E-state index contributed by atoms with van der Waals surface area (Å²) in [4.78, 5) is 27.7. The van der Waals surface area contributed by atoms with Gasteiger partial charge in [-0.2, -0.15) is 0 Å². The van der Waals surface area contributed by atoms with Crippen LogP contribution in [0.1, 0.15) is 15.9 Å². The third-order valence-electron chi connectivity index (χ3n) is 2.84. The lowest BCUT2D eigenvalue weighted by Crippen LogP contribution is -2.25. The van der Waals surface area contributed by atoms with Crippen molar-refractivity contribution >= 4 is 23.0 Å². The minimum absolute atomic E-state index is 0.0591. The summed E-state index contributed by atoms with van der Waals surface area (Å²) in [5, 5.41) is 10.1. The van der Waals surface area contributed by atoms with Crippen molar-refractivity contribution < 1.29 is 14.7 Å². The van der Waals surface area contributed by atoms with Crippen LogP contribution in [0.2, 0.25) is 0 Å². The maximum Gasteiger partial charge on any atom is 0.254 e. The Hall–Kier alpha value is -2.69. The van der Waals surface area contributed by atoms with E-state index in [9.17, 15) is 14.7 Å². The molecule has 1 N–H and O–H groups in total. The summed E-state index contributed by atoms with van der Waals surface area (Å²) in [5.41, 5.74) is 0.533. The van der Waals surface area contributed by atoms with Crippen LogP contribution in [-0.4, -0.2) is 26.2 Å². The first-order chi connectivity index (χ1) is 8.70. The second-order valence-electron chi connectivity index (χ2n) is 3.87. The van der Waals surface area contributed by atoms with Gasteiger partial charge in [0.15, 0.2) is 5.76 Å². The normalized spacial score (nSPS) is 14.9. The van der Waals surface area contributed by atoms with Crippen LogP contribution in [0.5, 0.6) is 0 Å². The number of allylic oxidation sites excluding steroid dienone is 1. The Balaban J connectivity index is 2.32. The molecule has 1 aromatic heterocycles. The van der Waals surface area contributed by atoms with Crippen molar-refractivity contribution in [3.63, 3.8) is 0 Å². The first-order valence-corrected chi connectivity index (χ1v) is 5.30. The number of aliphatic hydroxyl groups excluding tert-OH is 1. The van der Waals surface area contributed by atoms with Crippen molar-refractivity contribution in [3.05, 3.63) is 54.1 Å². The molecule has 1 heterocycles. The van der Waals surface area contributed by atoms with Crippen molar-refractivity contribution in [2.24, 2.45) is 0 Å². The summed E-state index contributed by atoms with van der Waals surface area (Å²) in [6.07, 6.45) is 4.34. The van der Waals surface area contributed by atoms with Crippen LogP contribution in [0.3, 0.4) is 0 Å². The van der Waals surface area contributed by atoms with Crippen LogP contribution in [0.4, 0.5) is 0 Å². The predicted molar refractivity (Wildman–Crippen MR) is 63.7 cm³/mol. The lowest BCUT2D eigenvalue weighted by Gasteiger charge is -2.17. The predicted octanol–water partition coefficient (Wildman–Crippen LogP) is 1.53. The summed E-state index contributed by atoms with van der Waals surface area (Å²) in [7, 11) is 0. The van der Waals surface area contributed by atoms with E-state index in [-0.39, 0.29) is 17.0 Å². The molecule has 0 fully saturated rings. The van der Waals surface area contributed by atoms with Gasteiger partial charge in [-0.25, -0.2) is 4.98 Å². The van der Waals surface area contributed by atoms with Gasteiger partial charge in [-0.05, 0) is 0 Å². The minimum Gasteiger partial charge on any atom is -0.505 e. The molecule has 3 rings (SSSR count). The Bertz CT molecular complexity index is 684. The van der Waals surface area contributed by atoms with Gasteiger partial charge in [0.25, 0.3) is 5.78 Å². The molecule has 88 valence electrons. The number of fused-ring (bicyclic) bond motifs is 1. The topological polar surface area (TPSA) is 72.2 Å². The van der Waals surface area contributed by atoms with E-state index >= 15 is 0 Å². The fourth-order valence-electron chi connectivity index (χ4n) is 1.98. The third-order valence-corrected chi connectivity index (χ3v) is 2.84. The molecule has 0 spiro atoms. The van der Waals surface area contributed by atoms with Gasteiger partial charge >= 0.3 is 0 Å². The van der Waals surface area contributed by atoms with Crippen LogP contribution >= 0.6 is 0 Å². The molecule has 0 atom stereocenters. The minimum atomic E-state index is -0.732. The third kappa shape index (κ3) is 1.31. The number of aliphatic hydroxyl groups is 1. The van der Waals surface area contributed by atoms with E-state index < -0.39 is 11.6 Å². The standard InChI is InChI=1S/C13H8N2O3/c16-11-8-3-1-2-4-9(8)12(17)13(18)10(11)15-6-5-14-7-15/h1-7,16H. The number of benzene rings is 1. The van der Waals surface area contributed by atoms with Gasteiger partial charge in [0.1, 0.15) is 5.70 Å². The Morgan fingerprint density at radius 2 is 1.78 bits per heavy atom. The van der Waals surface area contributed by atoms with Gasteiger partial charge < -0.3 is 5.11 Å². The lowest BCUT2D eigenvalue weighted by atomic mass is 9.91. The monoisotopic (exact) mass is 240 g/mol. The fourth-order valence-corrected chi connectivity index (χ4v) is 1.98. The molecule has 0 saturated carbocycles. The van der Waals surface area contributed by atoms with Crippen LogP contribution in [0.15, 0.2) is 43.0 Å². The largest absolute Gasteiger partial charge is 0.505 e. The number of Topliss-reactive ketones (excluding diaryl/α,β-unsaturated/α-hetero) is 2. The number of carbonyl (C=O) groups is 2. The van der Waals surface area contributed by atoms with Gasteiger partial charge in [-0.3, -0.25) is 14.2 Å². The van der Waals surface area contributed by atoms with E-state index in [1.54, 1.807) is 18.2 Å². The van der Waals surface area contributed by atoms with Crippen LogP contribution in [0.25, 0.3) is 11.5 Å². The Morgan fingerprint density at radius 3 is 2.44 bits per heavy atom. The number of nitrogens with zero attached hydrogens (tertiary/aromatic N) is 2. The molecule has 5 nitrogen and oxygen atoms in total. The molecule has 1 aliphatic carbocycles. The highest BCUT2D eigenvalue weighted by atomic mass is 16.3. The molecule has 0 unspecified atom stereocenters. The van der Waals surface area contributed by atoms with Crippen LogP contribution in [0, 0.1) is 0 Å². The Morgan fingerprint density at radius 1 is 1.06 bits per heavy atom. The molecule has 0 amide bonds. The van der Waals surface area contributed by atoms with Gasteiger partial charge in [0.05, 0.1) is 6.33 Å². The van der Waals surface area contributed by atoms with Crippen LogP contribution in [-0.2, 0) is 4.79 Å². The van der Waals surface area contributed by atoms with Gasteiger partial charge in [-0.1, -0.05) is 24.3 Å². The number of aromatic nitrogens is 2. The maximum absolute atomic E-state index is 12.0. The van der Waals surface area contributed by atoms with E-state index in [0.29, 0.717) is 5.56 Å². The zero-order valence-corrected chi connectivity index (χ0v) is 9.20. The molecule has 18 heavy (non-hydrogen) atoms. The Labute approximate surface area is 102 Å². The van der Waals surface area contributed by atoms with Crippen LogP contribution < -0.4 is 0 Å². The molecule has 0 saturated heterocycles. The van der Waals surface area contributed by atoms with E-state index in [4.69, 9.17) is 0 Å². The summed E-state index contributed by atoms with van der Waals surface area (Å²) in [5.74, 6) is -1.55. The molecular weight excluding hydrogens is 232 g/mol. The summed E-state index contributed by atoms with van der Waals surface area (Å²) in [6.45, 7) is 0. The lowest BCUT2D eigenvalue weighted by molar-refractivity contribution is -0.110. The maximum atomic E-state index is 12.0. The number of rotatable bonds is 1. The zero-order valence-electron chi connectivity index (χ0n) is 9.20. The van der Waals surface area contributed by atoms with Crippen molar-refractivity contribution in [3.8, 4) is 0 Å². The zero-order chi connectivity index (χ0) is 12.7. The number of imidazole rings is 1. The highest BCUT2D eigenvalue weighted by Crippen LogP contribution is 2.29. The van der Waals surface area contributed by atoms with E-state index in [2.05, 4.69) is 4.98 Å². The molecule has 2 aromatic rings. The van der Waals surface area contributed by atoms with Gasteiger partial charge in [-0.15, -0.1) is 0 Å².